The summed E-state index contributed by atoms with van der Waals surface area (Å²) in [6.45, 7) is 8.91. The van der Waals surface area contributed by atoms with E-state index < -0.39 is 11.9 Å². The van der Waals surface area contributed by atoms with Gasteiger partial charge in [-0.05, 0) is 18.1 Å². The standard InChI is InChI=1S/C21H26N2.C2H2O4/c1-19-9-11-21(12-10-19)18-23-16-14-22(15-17-23)13-5-8-20-6-3-2-4-7-20;3-1(4)2(5)6/h2-12H,13-18H2,1H3;(H,3,4)(H,5,6)/b8-5+;. The first-order valence-corrected chi connectivity index (χ1v) is 9.62. The van der Waals surface area contributed by atoms with Crippen molar-refractivity contribution in [3.05, 3.63) is 77.4 Å². The normalized spacial score (nSPS) is 14.9. The number of nitrogens with zero attached hydrogens (tertiary/aromatic N) is 2. The van der Waals surface area contributed by atoms with E-state index in [1.165, 1.54) is 16.7 Å². The van der Waals surface area contributed by atoms with E-state index >= 15 is 0 Å². The first kappa shape index (κ1) is 22.3. The summed E-state index contributed by atoms with van der Waals surface area (Å²) in [5, 5.41) is 14.8. The average molecular weight is 396 g/mol. The molecule has 2 aromatic carbocycles. The van der Waals surface area contributed by atoms with Gasteiger partial charge in [-0.3, -0.25) is 9.80 Å². The predicted molar refractivity (Wildman–Crippen MR) is 114 cm³/mol. The second-order valence-electron chi connectivity index (χ2n) is 6.99. The molecule has 0 radical (unpaired) electrons. The van der Waals surface area contributed by atoms with Crippen LogP contribution in [0.15, 0.2) is 60.7 Å². The molecule has 2 aromatic rings. The summed E-state index contributed by atoms with van der Waals surface area (Å²) in [5.41, 5.74) is 4.04. The zero-order valence-corrected chi connectivity index (χ0v) is 16.7. The lowest BCUT2D eigenvalue weighted by Crippen LogP contribution is -2.45. The van der Waals surface area contributed by atoms with E-state index in [-0.39, 0.29) is 0 Å². The number of aliphatic carboxylic acids is 2. The van der Waals surface area contributed by atoms with Gasteiger partial charge >= 0.3 is 11.9 Å². The summed E-state index contributed by atoms with van der Waals surface area (Å²) in [7, 11) is 0. The van der Waals surface area contributed by atoms with Crippen LogP contribution in [0.25, 0.3) is 6.08 Å². The number of hydrogen-bond donors (Lipinski definition) is 2. The summed E-state index contributed by atoms with van der Waals surface area (Å²) in [6, 6.07) is 19.5. The number of hydrogen-bond acceptors (Lipinski definition) is 4. The minimum Gasteiger partial charge on any atom is -0.473 e. The Morgan fingerprint density at radius 1 is 0.862 bits per heavy atom. The van der Waals surface area contributed by atoms with Crippen LogP contribution < -0.4 is 0 Å². The van der Waals surface area contributed by atoms with Gasteiger partial charge in [-0.15, -0.1) is 0 Å². The maximum Gasteiger partial charge on any atom is 0.414 e. The van der Waals surface area contributed by atoms with Gasteiger partial charge in [0.2, 0.25) is 0 Å². The fourth-order valence-corrected chi connectivity index (χ4v) is 2.98. The highest BCUT2D eigenvalue weighted by molar-refractivity contribution is 6.27. The number of aryl methyl sites for hydroxylation is 1. The lowest BCUT2D eigenvalue weighted by atomic mass is 10.1. The fraction of sp³-hybridized carbons (Fsp3) is 0.304. The first-order chi connectivity index (χ1) is 13.9. The Labute approximate surface area is 171 Å². The Hall–Kier alpha value is -2.96. The van der Waals surface area contributed by atoms with Gasteiger partial charge in [0.1, 0.15) is 0 Å². The van der Waals surface area contributed by atoms with Gasteiger partial charge in [0.15, 0.2) is 0 Å². The third kappa shape index (κ3) is 8.72. The van der Waals surface area contributed by atoms with Gasteiger partial charge in [0.05, 0.1) is 0 Å². The van der Waals surface area contributed by atoms with Gasteiger partial charge in [0, 0.05) is 39.3 Å². The Kier molecular flexibility index (Phi) is 9.08. The summed E-state index contributed by atoms with van der Waals surface area (Å²) in [6.07, 6.45) is 4.50. The summed E-state index contributed by atoms with van der Waals surface area (Å²) in [4.78, 5) is 23.3. The third-order valence-electron chi connectivity index (χ3n) is 4.65. The van der Waals surface area contributed by atoms with Crippen LogP contribution in [0, 0.1) is 6.92 Å². The molecule has 0 aromatic heterocycles. The minimum absolute atomic E-state index is 1.05. The van der Waals surface area contributed by atoms with Crippen LogP contribution in [0.4, 0.5) is 0 Å². The van der Waals surface area contributed by atoms with E-state index in [1.807, 2.05) is 0 Å². The van der Waals surface area contributed by atoms with Crippen molar-refractivity contribution < 1.29 is 19.8 Å². The van der Waals surface area contributed by atoms with Crippen molar-refractivity contribution in [3.8, 4) is 0 Å². The third-order valence-corrected chi connectivity index (χ3v) is 4.65. The number of piperazine rings is 1. The van der Waals surface area contributed by atoms with Crippen molar-refractivity contribution in [2.45, 2.75) is 13.5 Å². The van der Waals surface area contributed by atoms with Gasteiger partial charge in [-0.2, -0.15) is 0 Å². The number of benzene rings is 2. The molecule has 1 aliphatic rings. The molecular weight excluding hydrogens is 368 g/mol. The first-order valence-electron chi connectivity index (χ1n) is 9.62. The molecule has 0 aliphatic carbocycles. The lowest BCUT2D eigenvalue weighted by Gasteiger charge is -2.34. The van der Waals surface area contributed by atoms with E-state index in [0.29, 0.717) is 0 Å². The molecule has 1 aliphatic heterocycles. The molecular formula is C23H28N2O4. The smallest absolute Gasteiger partial charge is 0.414 e. The second-order valence-corrected chi connectivity index (χ2v) is 6.99. The second kappa shape index (κ2) is 11.8. The molecule has 154 valence electrons. The number of rotatable bonds is 5. The highest BCUT2D eigenvalue weighted by Crippen LogP contribution is 2.10. The quantitative estimate of drug-likeness (QED) is 0.757. The summed E-state index contributed by atoms with van der Waals surface area (Å²) >= 11 is 0. The van der Waals surface area contributed by atoms with Crippen LogP contribution in [0.1, 0.15) is 16.7 Å². The number of carbonyl (C=O) groups is 2. The van der Waals surface area contributed by atoms with Gasteiger partial charge in [-0.25, -0.2) is 9.59 Å². The van der Waals surface area contributed by atoms with Crippen molar-refractivity contribution in [2.24, 2.45) is 0 Å². The van der Waals surface area contributed by atoms with Crippen molar-refractivity contribution in [2.75, 3.05) is 32.7 Å². The van der Waals surface area contributed by atoms with Crippen LogP contribution in [0.2, 0.25) is 0 Å². The van der Waals surface area contributed by atoms with E-state index in [2.05, 4.69) is 83.5 Å². The fourth-order valence-electron chi connectivity index (χ4n) is 2.98. The minimum atomic E-state index is -1.82. The largest absolute Gasteiger partial charge is 0.473 e. The zero-order valence-electron chi connectivity index (χ0n) is 16.7. The van der Waals surface area contributed by atoms with Crippen LogP contribution in [-0.2, 0) is 16.1 Å². The Morgan fingerprint density at radius 2 is 1.41 bits per heavy atom. The molecule has 6 nitrogen and oxygen atoms in total. The lowest BCUT2D eigenvalue weighted by molar-refractivity contribution is -0.159. The molecule has 3 rings (SSSR count). The van der Waals surface area contributed by atoms with E-state index in [4.69, 9.17) is 19.8 Å². The Bertz CT molecular complexity index is 783. The highest BCUT2D eigenvalue weighted by atomic mass is 16.4. The molecule has 0 bridgehead atoms. The SMILES string of the molecule is Cc1ccc(CN2CCN(C/C=C/c3ccccc3)CC2)cc1.O=C(O)C(=O)O. The van der Waals surface area contributed by atoms with E-state index in [9.17, 15) is 0 Å². The molecule has 6 heteroatoms. The molecule has 0 amide bonds. The zero-order chi connectivity index (χ0) is 21.1. The van der Waals surface area contributed by atoms with Crippen LogP contribution in [0.5, 0.6) is 0 Å². The number of carboxylic acid groups (broad SMARTS) is 2. The van der Waals surface area contributed by atoms with Gasteiger partial charge in [0.25, 0.3) is 0 Å². The van der Waals surface area contributed by atoms with E-state index in [0.717, 1.165) is 39.3 Å². The maximum atomic E-state index is 9.10. The van der Waals surface area contributed by atoms with E-state index in [1.54, 1.807) is 0 Å². The topological polar surface area (TPSA) is 81.1 Å². The highest BCUT2D eigenvalue weighted by Gasteiger charge is 2.15. The average Bonchev–Trinajstić information content (AvgIpc) is 2.72. The molecule has 29 heavy (non-hydrogen) atoms. The predicted octanol–water partition coefficient (Wildman–Crippen LogP) is 2.98. The van der Waals surface area contributed by atoms with Crippen molar-refractivity contribution in [1.29, 1.82) is 0 Å². The van der Waals surface area contributed by atoms with Crippen LogP contribution in [0.3, 0.4) is 0 Å². The van der Waals surface area contributed by atoms with Crippen LogP contribution in [-0.4, -0.2) is 64.7 Å². The Balaban J connectivity index is 0.000000438. The van der Waals surface area contributed by atoms with Crippen molar-refractivity contribution >= 4 is 18.0 Å². The number of carboxylic acids is 2. The molecule has 0 saturated carbocycles. The summed E-state index contributed by atoms with van der Waals surface area (Å²) < 4.78 is 0. The van der Waals surface area contributed by atoms with Crippen LogP contribution >= 0.6 is 0 Å². The van der Waals surface area contributed by atoms with Gasteiger partial charge in [-0.1, -0.05) is 72.3 Å². The molecule has 0 unspecified atom stereocenters. The summed E-state index contributed by atoms with van der Waals surface area (Å²) in [5.74, 6) is -3.65. The molecule has 2 N–H and O–H groups in total. The Morgan fingerprint density at radius 3 is 1.97 bits per heavy atom. The van der Waals surface area contributed by atoms with Crippen molar-refractivity contribution in [3.63, 3.8) is 0 Å². The molecule has 1 heterocycles. The van der Waals surface area contributed by atoms with Crippen molar-refractivity contribution in [1.82, 2.24) is 9.80 Å². The molecule has 1 fully saturated rings. The monoisotopic (exact) mass is 396 g/mol. The molecule has 1 saturated heterocycles. The van der Waals surface area contributed by atoms with Gasteiger partial charge < -0.3 is 10.2 Å². The molecule has 0 spiro atoms. The maximum absolute atomic E-state index is 9.10. The molecule has 0 atom stereocenters.